The summed E-state index contributed by atoms with van der Waals surface area (Å²) in [6.45, 7) is 8.14. The van der Waals surface area contributed by atoms with Gasteiger partial charge < -0.3 is 19.9 Å². The summed E-state index contributed by atoms with van der Waals surface area (Å²) in [5.74, 6) is 0.339. The van der Waals surface area contributed by atoms with Crippen molar-refractivity contribution in [1.29, 1.82) is 0 Å². The zero-order valence-corrected chi connectivity index (χ0v) is 15.2. The van der Waals surface area contributed by atoms with Crippen molar-refractivity contribution >= 4 is 11.9 Å². The molecule has 1 N–H and O–H groups in total. The largest absolute Gasteiger partial charge is 0.378 e. The van der Waals surface area contributed by atoms with Crippen molar-refractivity contribution in [2.75, 3.05) is 39.4 Å². The van der Waals surface area contributed by atoms with E-state index in [1.54, 1.807) is 14.5 Å². The van der Waals surface area contributed by atoms with Crippen molar-refractivity contribution in [2.24, 2.45) is 13.0 Å². The highest BCUT2D eigenvalue weighted by atomic mass is 16.5. The Hall–Kier alpha value is -2.09. The van der Waals surface area contributed by atoms with E-state index < -0.39 is 0 Å². The average molecular weight is 349 g/mol. The first kappa shape index (κ1) is 17.7. The molecule has 138 valence electrons. The molecule has 25 heavy (non-hydrogen) atoms. The number of urea groups is 1. The first-order valence-corrected chi connectivity index (χ1v) is 8.92. The van der Waals surface area contributed by atoms with E-state index in [4.69, 9.17) is 4.74 Å². The molecule has 8 heteroatoms. The third-order valence-electron chi connectivity index (χ3n) is 4.69. The molecule has 0 atom stereocenters. The number of aryl methyl sites for hydroxylation is 1. The van der Waals surface area contributed by atoms with Gasteiger partial charge in [0.2, 0.25) is 0 Å². The predicted octanol–water partition coefficient (Wildman–Crippen LogP) is 0.616. The van der Waals surface area contributed by atoms with Gasteiger partial charge in [-0.05, 0) is 5.92 Å². The summed E-state index contributed by atoms with van der Waals surface area (Å²) in [6, 6.07) is -0.0759. The monoisotopic (exact) mass is 349 g/mol. The second kappa shape index (κ2) is 7.43. The number of nitrogens with zero attached hydrogens (tertiary/aromatic N) is 4. The second-order valence-electron chi connectivity index (χ2n) is 7.05. The standard InChI is InChI=1S/C17H27N5O3/c1-12(2)10-18-17(24)22-5-4-14-13(11-22)15(19-20(14)3)16(23)21-6-8-25-9-7-21/h12H,4-11H2,1-3H3,(H,18,24). The molecule has 0 radical (unpaired) electrons. The van der Waals surface area contributed by atoms with Gasteiger partial charge >= 0.3 is 6.03 Å². The summed E-state index contributed by atoms with van der Waals surface area (Å²) >= 11 is 0. The number of hydrogen-bond acceptors (Lipinski definition) is 4. The Kier molecular flexibility index (Phi) is 5.27. The van der Waals surface area contributed by atoms with Crippen LogP contribution in [-0.4, -0.2) is 70.9 Å². The lowest BCUT2D eigenvalue weighted by Gasteiger charge is -2.29. The van der Waals surface area contributed by atoms with Gasteiger partial charge in [0.1, 0.15) is 0 Å². The number of hydrogen-bond donors (Lipinski definition) is 1. The van der Waals surface area contributed by atoms with Crippen LogP contribution in [0.1, 0.15) is 35.6 Å². The molecule has 0 aromatic carbocycles. The third kappa shape index (κ3) is 3.78. The molecule has 3 rings (SSSR count). The number of carbonyl (C=O) groups is 2. The van der Waals surface area contributed by atoms with E-state index in [1.165, 1.54) is 0 Å². The first-order valence-electron chi connectivity index (χ1n) is 8.92. The van der Waals surface area contributed by atoms with Crippen molar-refractivity contribution in [3.63, 3.8) is 0 Å². The maximum absolute atomic E-state index is 12.9. The summed E-state index contributed by atoms with van der Waals surface area (Å²) in [6.07, 6.45) is 0.713. The Morgan fingerprint density at radius 1 is 1.20 bits per heavy atom. The van der Waals surface area contributed by atoms with Crippen molar-refractivity contribution in [3.8, 4) is 0 Å². The van der Waals surface area contributed by atoms with Gasteiger partial charge in [-0.25, -0.2) is 4.79 Å². The Balaban J connectivity index is 1.76. The zero-order chi connectivity index (χ0) is 18.0. The molecule has 3 heterocycles. The van der Waals surface area contributed by atoms with E-state index in [0.717, 1.165) is 11.3 Å². The second-order valence-corrected chi connectivity index (χ2v) is 7.05. The van der Waals surface area contributed by atoms with E-state index in [1.807, 2.05) is 7.05 Å². The quantitative estimate of drug-likeness (QED) is 0.867. The highest BCUT2D eigenvalue weighted by Crippen LogP contribution is 2.23. The molecular weight excluding hydrogens is 322 g/mol. The molecule has 2 aliphatic heterocycles. The van der Waals surface area contributed by atoms with Crippen LogP contribution in [0.5, 0.6) is 0 Å². The maximum atomic E-state index is 12.9. The van der Waals surface area contributed by atoms with Crippen molar-refractivity contribution < 1.29 is 14.3 Å². The van der Waals surface area contributed by atoms with Gasteiger partial charge in [-0.3, -0.25) is 9.48 Å². The number of nitrogens with one attached hydrogen (secondary N) is 1. The lowest BCUT2D eigenvalue weighted by atomic mass is 10.0. The molecule has 1 aromatic heterocycles. The van der Waals surface area contributed by atoms with E-state index in [9.17, 15) is 9.59 Å². The molecule has 0 aliphatic carbocycles. The summed E-state index contributed by atoms with van der Waals surface area (Å²) in [5, 5.41) is 7.41. The van der Waals surface area contributed by atoms with Crippen LogP contribution in [0, 0.1) is 5.92 Å². The zero-order valence-electron chi connectivity index (χ0n) is 15.2. The first-order chi connectivity index (χ1) is 12.0. The minimum atomic E-state index is -0.0759. The fourth-order valence-electron chi connectivity index (χ4n) is 3.26. The van der Waals surface area contributed by atoms with Gasteiger partial charge in [-0.1, -0.05) is 13.8 Å². The van der Waals surface area contributed by atoms with Gasteiger partial charge in [0.25, 0.3) is 5.91 Å². The van der Waals surface area contributed by atoms with Gasteiger partial charge in [-0.2, -0.15) is 5.10 Å². The Labute approximate surface area is 148 Å². The normalized spacial score (nSPS) is 17.6. The van der Waals surface area contributed by atoms with Gasteiger partial charge in [0.15, 0.2) is 5.69 Å². The molecule has 8 nitrogen and oxygen atoms in total. The molecule has 0 unspecified atom stereocenters. The molecule has 0 bridgehead atoms. The van der Waals surface area contributed by atoms with Crippen molar-refractivity contribution in [3.05, 3.63) is 17.0 Å². The molecule has 2 aliphatic rings. The minimum absolute atomic E-state index is 0.0652. The molecule has 3 amide bonds. The highest BCUT2D eigenvalue weighted by molar-refractivity contribution is 5.94. The maximum Gasteiger partial charge on any atom is 0.317 e. The predicted molar refractivity (Wildman–Crippen MR) is 92.3 cm³/mol. The summed E-state index contributed by atoms with van der Waals surface area (Å²) in [7, 11) is 1.86. The molecular formula is C17H27N5O3. The summed E-state index contributed by atoms with van der Waals surface area (Å²) in [4.78, 5) is 28.8. The van der Waals surface area contributed by atoms with Crippen LogP contribution in [0.25, 0.3) is 0 Å². The van der Waals surface area contributed by atoms with Gasteiger partial charge in [0.05, 0.1) is 19.8 Å². The third-order valence-corrected chi connectivity index (χ3v) is 4.69. The van der Waals surface area contributed by atoms with Gasteiger partial charge in [0, 0.05) is 50.9 Å². The molecule has 1 aromatic rings. The van der Waals surface area contributed by atoms with E-state index in [-0.39, 0.29) is 11.9 Å². The van der Waals surface area contributed by atoms with Crippen LogP contribution in [0.2, 0.25) is 0 Å². The number of fused-ring (bicyclic) bond motifs is 1. The highest BCUT2D eigenvalue weighted by Gasteiger charge is 2.31. The number of ether oxygens (including phenoxy) is 1. The summed E-state index contributed by atoms with van der Waals surface area (Å²) < 4.78 is 7.10. The van der Waals surface area contributed by atoms with E-state index in [2.05, 4.69) is 24.3 Å². The molecule has 0 saturated carbocycles. The van der Waals surface area contributed by atoms with Crippen LogP contribution >= 0.6 is 0 Å². The minimum Gasteiger partial charge on any atom is -0.378 e. The fraction of sp³-hybridized carbons (Fsp3) is 0.706. The van der Waals surface area contributed by atoms with Crippen LogP contribution in [0.3, 0.4) is 0 Å². The molecule has 0 spiro atoms. The number of morpholine rings is 1. The number of rotatable bonds is 3. The Bertz CT molecular complexity index is 649. The molecule has 1 saturated heterocycles. The Morgan fingerprint density at radius 3 is 2.60 bits per heavy atom. The average Bonchev–Trinajstić information content (AvgIpc) is 2.96. The van der Waals surface area contributed by atoms with Crippen LogP contribution < -0.4 is 5.32 Å². The number of aromatic nitrogens is 2. The van der Waals surface area contributed by atoms with Crippen LogP contribution in [0.15, 0.2) is 0 Å². The lowest BCUT2D eigenvalue weighted by Crippen LogP contribution is -2.45. The van der Waals surface area contributed by atoms with Crippen molar-refractivity contribution in [1.82, 2.24) is 24.9 Å². The van der Waals surface area contributed by atoms with Crippen LogP contribution in [-0.2, 0) is 24.8 Å². The van der Waals surface area contributed by atoms with E-state index >= 15 is 0 Å². The topological polar surface area (TPSA) is 79.7 Å². The van der Waals surface area contributed by atoms with Crippen LogP contribution in [0.4, 0.5) is 4.79 Å². The molecule has 1 fully saturated rings. The fourth-order valence-corrected chi connectivity index (χ4v) is 3.26. The number of carbonyl (C=O) groups excluding carboxylic acids is 2. The SMILES string of the molecule is CC(C)CNC(=O)N1CCc2c(c(C(=O)N3CCOCC3)nn2C)C1. The van der Waals surface area contributed by atoms with Gasteiger partial charge in [-0.15, -0.1) is 0 Å². The lowest BCUT2D eigenvalue weighted by molar-refractivity contribution is 0.0297. The van der Waals surface area contributed by atoms with E-state index in [0.29, 0.717) is 64.0 Å². The Morgan fingerprint density at radius 2 is 1.92 bits per heavy atom. The van der Waals surface area contributed by atoms with Crippen molar-refractivity contribution in [2.45, 2.75) is 26.8 Å². The smallest absolute Gasteiger partial charge is 0.317 e. The number of amides is 3. The summed E-state index contributed by atoms with van der Waals surface area (Å²) in [5.41, 5.74) is 2.40.